The summed E-state index contributed by atoms with van der Waals surface area (Å²) < 4.78 is 13.6. The van der Waals surface area contributed by atoms with Gasteiger partial charge < -0.3 is 18.0 Å². The maximum atomic E-state index is 6.25. The van der Waals surface area contributed by atoms with E-state index in [9.17, 15) is 0 Å². The van der Waals surface area contributed by atoms with Crippen molar-refractivity contribution < 1.29 is 4.42 Å². The van der Waals surface area contributed by atoms with Crippen molar-refractivity contribution >= 4 is 92.7 Å². The summed E-state index contributed by atoms with van der Waals surface area (Å²) in [5.41, 5.74) is 14.0. The molecule has 0 amide bonds. The molecule has 5 heterocycles. The fourth-order valence-electron chi connectivity index (χ4n) is 10.0. The topological polar surface area (TPSA) is 27.4 Å². The minimum absolute atomic E-state index is 0.848. The molecule has 13 aromatic rings. The van der Waals surface area contributed by atoms with Crippen LogP contribution in [0.3, 0.4) is 0 Å². The molecule has 0 bridgehead atoms. The molecule has 0 aliphatic heterocycles. The van der Waals surface area contributed by atoms with Crippen molar-refractivity contribution in [1.29, 1.82) is 0 Å². The second kappa shape index (κ2) is 12.1. The van der Waals surface area contributed by atoms with Crippen molar-refractivity contribution in [2.75, 3.05) is 0 Å². The van der Waals surface area contributed by atoms with Crippen LogP contribution in [0.2, 0.25) is 0 Å². The van der Waals surface area contributed by atoms with Crippen LogP contribution in [0.5, 0.6) is 0 Å². The van der Waals surface area contributed by atoms with E-state index in [0.717, 1.165) is 22.4 Å². The first-order valence-electron chi connectivity index (χ1n) is 20.3. The maximum absolute atomic E-state index is 6.25. The first kappa shape index (κ1) is 32.3. The highest BCUT2D eigenvalue weighted by atomic mass is 16.3. The number of aryl methyl sites for hydroxylation is 1. The Morgan fingerprint density at radius 1 is 0.356 bits per heavy atom. The highest BCUT2D eigenvalue weighted by Crippen LogP contribution is 2.46. The van der Waals surface area contributed by atoms with Crippen LogP contribution in [0.25, 0.3) is 115 Å². The molecule has 0 spiro atoms. The molecule has 8 aromatic carbocycles. The Balaban J connectivity index is 1.05. The van der Waals surface area contributed by atoms with Gasteiger partial charge in [0.05, 0.1) is 38.6 Å². The van der Waals surface area contributed by atoms with Gasteiger partial charge in [0.25, 0.3) is 0 Å². The van der Waals surface area contributed by atoms with Crippen molar-refractivity contribution in [1.82, 2.24) is 13.5 Å². The van der Waals surface area contributed by atoms with Gasteiger partial charge in [0, 0.05) is 59.9 Å². The molecule has 0 aliphatic rings. The summed E-state index contributed by atoms with van der Waals surface area (Å²) in [5.74, 6) is 0.853. The zero-order chi connectivity index (χ0) is 38.8. The summed E-state index contributed by atoms with van der Waals surface area (Å²) in [4.78, 5) is 0. The van der Waals surface area contributed by atoms with Gasteiger partial charge in [0.15, 0.2) is 0 Å². The molecule has 4 heteroatoms. The molecule has 0 fully saturated rings. The lowest BCUT2D eigenvalue weighted by molar-refractivity contribution is 0.569. The Kier molecular flexibility index (Phi) is 6.62. The predicted octanol–water partition coefficient (Wildman–Crippen LogP) is 14.9. The highest BCUT2D eigenvalue weighted by Gasteiger charge is 2.23. The van der Waals surface area contributed by atoms with E-state index >= 15 is 0 Å². The van der Waals surface area contributed by atoms with E-state index in [1.807, 2.05) is 25.1 Å². The number of rotatable bonds is 3. The molecular weight excluding hydrogens is 719 g/mol. The first-order valence-corrected chi connectivity index (χ1v) is 20.3. The molecule has 0 atom stereocenters. The average molecular weight is 754 g/mol. The van der Waals surface area contributed by atoms with Crippen LogP contribution in [-0.4, -0.2) is 13.5 Å². The number of fused-ring (bicyclic) bond motifs is 14. The van der Waals surface area contributed by atoms with Crippen molar-refractivity contribution in [2.24, 2.45) is 0 Å². The summed E-state index contributed by atoms with van der Waals surface area (Å²) in [5, 5.41) is 11.2. The standard InChI is InChI=1S/C55H35N3O/c1-34-13-11-17-39(31-37-14-5-10-24-52(37)59-34)57-47-23-9-7-19-43(47)53-49(57)29-30-50-54(53)44-21-12-20-42-45-32-35(26-28-48(45)58(50)55(42)44)36-25-27-41-40-18-6-8-22-46(40)56(51(41)33-36)38-15-3-2-4-16-38/h2-33H,1H3. The number of hydrogen-bond donors (Lipinski definition) is 0. The molecule has 0 saturated carbocycles. The number of benzene rings is 8. The molecule has 0 unspecified atom stereocenters. The normalized spacial score (nSPS) is 12.2. The second-order valence-corrected chi connectivity index (χ2v) is 15.7. The maximum Gasteiger partial charge on any atom is 0.134 e. The van der Waals surface area contributed by atoms with Crippen LogP contribution in [-0.2, 0) is 0 Å². The van der Waals surface area contributed by atoms with Crippen LogP contribution in [0.4, 0.5) is 0 Å². The first-order chi connectivity index (χ1) is 29.2. The molecule has 59 heavy (non-hydrogen) atoms. The van der Waals surface area contributed by atoms with E-state index in [4.69, 9.17) is 4.42 Å². The summed E-state index contributed by atoms with van der Waals surface area (Å²) in [6.45, 7) is 2.00. The van der Waals surface area contributed by atoms with Gasteiger partial charge in [-0.1, -0.05) is 115 Å². The minimum Gasteiger partial charge on any atom is -0.461 e. The van der Waals surface area contributed by atoms with Gasteiger partial charge in [-0.15, -0.1) is 0 Å². The third-order valence-electron chi connectivity index (χ3n) is 12.5. The SMILES string of the molecule is Cc1cccc(-n2c3ccccc3c3c4c5cccc6c7cc(-c8ccc9c%10ccccc%10n(-c%10ccccc%10)c9c8)ccc7n(c4ccc32)c65)cc2ccccc2o1. The average Bonchev–Trinajstić information content (AvgIpc) is 4.01. The van der Waals surface area contributed by atoms with Gasteiger partial charge in [0.2, 0.25) is 0 Å². The van der Waals surface area contributed by atoms with Gasteiger partial charge >= 0.3 is 0 Å². The van der Waals surface area contributed by atoms with E-state index in [1.165, 1.54) is 98.5 Å². The Bertz CT molecular complexity index is 3910. The van der Waals surface area contributed by atoms with Crippen LogP contribution >= 0.6 is 0 Å². The minimum atomic E-state index is 0.848. The number of hydrogen-bond acceptors (Lipinski definition) is 1. The van der Waals surface area contributed by atoms with Gasteiger partial charge in [-0.05, 0) is 96.9 Å². The second-order valence-electron chi connectivity index (χ2n) is 15.7. The van der Waals surface area contributed by atoms with Crippen LogP contribution in [0.1, 0.15) is 5.76 Å². The zero-order valence-electron chi connectivity index (χ0n) is 32.2. The van der Waals surface area contributed by atoms with Crippen LogP contribution < -0.4 is 0 Å². The molecule has 0 aliphatic carbocycles. The molecule has 13 rings (SSSR count). The van der Waals surface area contributed by atoms with E-state index in [2.05, 4.69) is 189 Å². The molecule has 0 N–H and O–H groups in total. The monoisotopic (exact) mass is 753 g/mol. The summed E-state index contributed by atoms with van der Waals surface area (Å²) in [6.07, 6.45) is 0. The van der Waals surface area contributed by atoms with Gasteiger partial charge in [0.1, 0.15) is 11.3 Å². The Morgan fingerprint density at radius 3 is 1.86 bits per heavy atom. The lowest BCUT2D eigenvalue weighted by atomic mass is 10.00. The predicted molar refractivity (Wildman–Crippen MR) is 247 cm³/mol. The van der Waals surface area contributed by atoms with E-state index in [0.29, 0.717) is 0 Å². The Hall–Kier alpha value is -7.82. The largest absolute Gasteiger partial charge is 0.461 e. The van der Waals surface area contributed by atoms with E-state index < -0.39 is 0 Å². The molecule has 5 aromatic heterocycles. The van der Waals surface area contributed by atoms with E-state index in [1.54, 1.807) is 0 Å². The summed E-state index contributed by atoms with van der Waals surface area (Å²) in [7, 11) is 0. The number of nitrogens with zero attached hydrogens (tertiary/aromatic N) is 3. The molecular formula is C55H35N3O. The molecule has 4 nitrogen and oxygen atoms in total. The van der Waals surface area contributed by atoms with Crippen molar-refractivity contribution in [3.63, 3.8) is 0 Å². The van der Waals surface area contributed by atoms with E-state index in [-0.39, 0.29) is 0 Å². The Labute approximate surface area is 338 Å². The van der Waals surface area contributed by atoms with Crippen LogP contribution in [0.15, 0.2) is 199 Å². The van der Waals surface area contributed by atoms with Crippen molar-refractivity contribution in [3.05, 3.63) is 200 Å². The summed E-state index contributed by atoms with van der Waals surface area (Å²) >= 11 is 0. The molecule has 0 saturated heterocycles. The third-order valence-corrected chi connectivity index (χ3v) is 12.5. The quantitative estimate of drug-likeness (QED) is 0.177. The lowest BCUT2D eigenvalue weighted by Gasteiger charge is -2.09. The van der Waals surface area contributed by atoms with Gasteiger partial charge in [-0.25, -0.2) is 0 Å². The smallest absolute Gasteiger partial charge is 0.134 e. The zero-order valence-corrected chi connectivity index (χ0v) is 32.2. The molecule has 276 valence electrons. The van der Waals surface area contributed by atoms with Crippen LogP contribution in [0, 0.1) is 6.92 Å². The summed E-state index contributed by atoms with van der Waals surface area (Å²) in [6, 6.07) is 70.6. The Morgan fingerprint density at radius 2 is 0.966 bits per heavy atom. The van der Waals surface area contributed by atoms with Gasteiger partial charge in [-0.2, -0.15) is 0 Å². The fourth-order valence-corrected chi connectivity index (χ4v) is 10.0. The fraction of sp³-hybridized carbons (Fsp3) is 0.0182. The van der Waals surface area contributed by atoms with Crippen molar-refractivity contribution in [2.45, 2.75) is 6.92 Å². The number of para-hydroxylation sites is 5. The lowest BCUT2D eigenvalue weighted by Crippen LogP contribution is -1.93. The van der Waals surface area contributed by atoms with Crippen molar-refractivity contribution in [3.8, 4) is 22.5 Å². The third kappa shape index (κ3) is 4.54. The number of aromatic nitrogens is 3. The molecule has 0 radical (unpaired) electrons. The van der Waals surface area contributed by atoms with Gasteiger partial charge in [-0.3, -0.25) is 0 Å². The highest BCUT2D eigenvalue weighted by molar-refractivity contribution is 6.33.